The highest BCUT2D eigenvalue weighted by Crippen LogP contribution is 2.26. The molecule has 2 aromatic rings. The zero-order chi connectivity index (χ0) is 9.97. The lowest BCUT2D eigenvalue weighted by atomic mass is 10.3. The van der Waals surface area contributed by atoms with Gasteiger partial charge in [-0.2, -0.15) is 0 Å². The second-order valence-corrected chi connectivity index (χ2v) is 4.32. The molecule has 0 amide bonds. The number of hydrogen-bond donors (Lipinski definition) is 0. The Morgan fingerprint density at radius 2 is 2.29 bits per heavy atom. The van der Waals surface area contributed by atoms with Gasteiger partial charge in [0, 0.05) is 22.8 Å². The number of thiazole rings is 1. The highest BCUT2D eigenvalue weighted by Gasteiger charge is 2.07. The summed E-state index contributed by atoms with van der Waals surface area (Å²) in [7, 11) is 0. The molecule has 0 aromatic carbocycles. The number of rotatable bonds is 2. The third-order valence-corrected chi connectivity index (χ3v) is 3.20. The molecule has 2 rings (SSSR count). The third kappa shape index (κ3) is 1.68. The van der Waals surface area contributed by atoms with Crippen molar-refractivity contribution in [1.29, 1.82) is 0 Å². The maximum absolute atomic E-state index is 4.58. The molecular weight excluding hydrogens is 192 g/mol. The van der Waals surface area contributed by atoms with Gasteiger partial charge >= 0.3 is 0 Å². The fourth-order valence-corrected chi connectivity index (χ4v) is 2.36. The van der Waals surface area contributed by atoms with E-state index in [2.05, 4.69) is 23.8 Å². The highest BCUT2D eigenvalue weighted by molar-refractivity contribution is 7.15. The normalized spacial score (nSPS) is 10.4. The van der Waals surface area contributed by atoms with Crippen molar-refractivity contribution in [2.75, 3.05) is 0 Å². The van der Waals surface area contributed by atoms with E-state index in [0.29, 0.717) is 0 Å². The van der Waals surface area contributed by atoms with Gasteiger partial charge in [0.25, 0.3) is 0 Å². The van der Waals surface area contributed by atoms with Crippen LogP contribution < -0.4 is 0 Å². The Labute approximate surface area is 87.7 Å². The van der Waals surface area contributed by atoms with Gasteiger partial charge in [-0.05, 0) is 25.5 Å². The lowest BCUT2D eigenvalue weighted by molar-refractivity contribution is 1.05. The second-order valence-electron chi connectivity index (χ2n) is 3.12. The number of aromatic nitrogens is 2. The van der Waals surface area contributed by atoms with Gasteiger partial charge in [0.1, 0.15) is 5.01 Å². The quantitative estimate of drug-likeness (QED) is 0.751. The van der Waals surface area contributed by atoms with E-state index in [0.717, 1.165) is 17.0 Å². The van der Waals surface area contributed by atoms with E-state index >= 15 is 0 Å². The predicted molar refractivity (Wildman–Crippen MR) is 59.5 cm³/mol. The maximum Gasteiger partial charge on any atom is 0.125 e. The molecule has 0 fully saturated rings. The Kier molecular flexibility index (Phi) is 2.59. The molecule has 0 aliphatic rings. The topological polar surface area (TPSA) is 25.8 Å². The summed E-state index contributed by atoms with van der Waals surface area (Å²) in [5.74, 6) is 0. The summed E-state index contributed by atoms with van der Waals surface area (Å²) in [6.45, 7) is 4.26. The Morgan fingerprint density at radius 3 is 2.86 bits per heavy atom. The second kappa shape index (κ2) is 3.88. The van der Waals surface area contributed by atoms with Crippen molar-refractivity contribution in [2.45, 2.75) is 20.3 Å². The van der Waals surface area contributed by atoms with E-state index in [-0.39, 0.29) is 0 Å². The van der Waals surface area contributed by atoms with Gasteiger partial charge in [0.05, 0.1) is 5.69 Å². The fraction of sp³-hybridized carbons (Fsp3) is 0.273. The summed E-state index contributed by atoms with van der Waals surface area (Å²) in [5, 5.41) is 1.08. The maximum atomic E-state index is 4.58. The van der Waals surface area contributed by atoms with Crippen LogP contribution in [0.4, 0.5) is 0 Å². The Morgan fingerprint density at radius 1 is 1.43 bits per heavy atom. The largest absolute Gasteiger partial charge is 0.264 e. The third-order valence-electron chi connectivity index (χ3n) is 2.14. The van der Waals surface area contributed by atoms with Gasteiger partial charge in [-0.15, -0.1) is 11.3 Å². The molecule has 2 aromatic heterocycles. The molecule has 72 valence electrons. The van der Waals surface area contributed by atoms with Crippen molar-refractivity contribution in [2.24, 2.45) is 0 Å². The van der Waals surface area contributed by atoms with Gasteiger partial charge in [-0.1, -0.05) is 6.92 Å². The minimum absolute atomic E-state index is 1.00. The summed E-state index contributed by atoms with van der Waals surface area (Å²) in [5.41, 5.74) is 2.31. The molecule has 14 heavy (non-hydrogen) atoms. The molecule has 0 saturated carbocycles. The van der Waals surface area contributed by atoms with Crippen molar-refractivity contribution in [3.8, 4) is 10.6 Å². The predicted octanol–water partition coefficient (Wildman–Crippen LogP) is 3.08. The van der Waals surface area contributed by atoms with Gasteiger partial charge in [0.2, 0.25) is 0 Å². The zero-order valence-electron chi connectivity index (χ0n) is 8.32. The first kappa shape index (κ1) is 9.34. The first-order chi connectivity index (χ1) is 6.81. The van der Waals surface area contributed by atoms with E-state index in [9.17, 15) is 0 Å². The molecule has 0 spiro atoms. The molecule has 2 nitrogen and oxygen atoms in total. The van der Waals surface area contributed by atoms with Gasteiger partial charge in [-0.3, -0.25) is 4.98 Å². The number of nitrogens with zero attached hydrogens (tertiary/aromatic N) is 2. The monoisotopic (exact) mass is 204 g/mol. The summed E-state index contributed by atoms with van der Waals surface area (Å²) < 4.78 is 0. The van der Waals surface area contributed by atoms with Crippen LogP contribution in [0.3, 0.4) is 0 Å². The molecule has 0 aliphatic carbocycles. The summed E-state index contributed by atoms with van der Waals surface area (Å²) in [6, 6.07) is 3.99. The van der Waals surface area contributed by atoms with Crippen LogP contribution in [0.5, 0.6) is 0 Å². The van der Waals surface area contributed by atoms with E-state index in [4.69, 9.17) is 0 Å². The number of aryl methyl sites for hydroxylation is 2. The molecule has 2 heterocycles. The van der Waals surface area contributed by atoms with Crippen LogP contribution in [-0.2, 0) is 6.42 Å². The molecular formula is C11H12N2S. The van der Waals surface area contributed by atoms with Crippen LogP contribution >= 0.6 is 11.3 Å². The number of hydrogen-bond acceptors (Lipinski definition) is 3. The van der Waals surface area contributed by atoms with Crippen molar-refractivity contribution in [3.05, 3.63) is 35.1 Å². The zero-order valence-corrected chi connectivity index (χ0v) is 9.14. The Hall–Kier alpha value is -1.22. The summed E-state index contributed by atoms with van der Waals surface area (Å²) in [4.78, 5) is 9.98. The van der Waals surface area contributed by atoms with Gasteiger partial charge in [-0.25, -0.2) is 4.98 Å². The van der Waals surface area contributed by atoms with E-state index in [1.54, 1.807) is 17.5 Å². The van der Waals surface area contributed by atoms with Crippen LogP contribution in [0, 0.1) is 6.92 Å². The summed E-state index contributed by atoms with van der Waals surface area (Å²) in [6.07, 6.45) is 4.64. The molecule has 0 atom stereocenters. The standard InChI is InChI=1S/C11H12N2S/c1-3-10-8(2)14-11(13-10)9-5-4-6-12-7-9/h4-7H,3H2,1-2H3. The van der Waals surface area contributed by atoms with Gasteiger partial charge in [0.15, 0.2) is 0 Å². The van der Waals surface area contributed by atoms with Crippen molar-refractivity contribution in [1.82, 2.24) is 9.97 Å². The van der Waals surface area contributed by atoms with Crippen LogP contribution in [0.25, 0.3) is 10.6 Å². The van der Waals surface area contributed by atoms with Crippen molar-refractivity contribution in [3.63, 3.8) is 0 Å². The molecule has 0 aliphatic heterocycles. The highest BCUT2D eigenvalue weighted by atomic mass is 32.1. The molecule has 0 N–H and O–H groups in total. The minimum atomic E-state index is 1.00. The van der Waals surface area contributed by atoms with E-state index in [1.165, 1.54) is 10.6 Å². The lowest BCUT2D eigenvalue weighted by Crippen LogP contribution is -1.82. The van der Waals surface area contributed by atoms with Crippen LogP contribution in [-0.4, -0.2) is 9.97 Å². The fourth-order valence-electron chi connectivity index (χ4n) is 1.37. The molecule has 0 bridgehead atoms. The average Bonchev–Trinajstić information content (AvgIpc) is 2.61. The smallest absolute Gasteiger partial charge is 0.125 e. The Balaban J connectivity index is 2.43. The van der Waals surface area contributed by atoms with Crippen LogP contribution in [0.2, 0.25) is 0 Å². The minimum Gasteiger partial charge on any atom is -0.264 e. The lowest BCUT2D eigenvalue weighted by Gasteiger charge is -1.92. The van der Waals surface area contributed by atoms with E-state index < -0.39 is 0 Å². The SMILES string of the molecule is CCc1nc(-c2cccnc2)sc1C. The van der Waals surface area contributed by atoms with Crippen molar-refractivity contribution >= 4 is 11.3 Å². The van der Waals surface area contributed by atoms with E-state index in [1.807, 2.05) is 18.3 Å². The average molecular weight is 204 g/mol. The van der Waals surface area contributed by atoms with Crippen LogP contribution in [0.15, 0.2) is 24.5 Å². The summed E-state index contributed by atoms with van der Waals surface area (Å²) >= 11 is 1.74. The van der Waals surface area contributed by atoms with Crippen molar-refractivity contribution < 1.29 is 0 Å². The molecule has 0 saturated heterocycles. The molecule has 0 radical (unpaired) electrons. The van der Waals surface area contributed by atoms with Gasteiger partial charge < -0.3 is 0 Å². The molecule has 0 unspecified atom stereocenters. The number of pyridine rings is 1. The first-order valence-corrected chi connectivity index (χ1v) is 5.49. The first-order valence-electron chi connectivity index (χ1n) is 4.68. The Bertz CT molecular complexity index is 420. The van der Waals surface area contributed by atoms with Crippen LogP contribution in [0.1, 0.15) is 17.5 Å². The molecule has 3 heteroatoms.